The lowest BCUT2D eigenvalue weighted by Gasteiger charge is -2.31. The summed E-state index contributed by atoms with van der Waals surface area (Å²) in [6.45, 7) is 0.813. The van der Waals surface area contributed by atoms with E-state index in [-0.39, 0.29) is 46.9 Å². The first-order chi connectivity index (χ1) is 11.9. The summed E-state index contributed by atoms with van der Waals surface area (Å²) in [5, 5.41) is 6.73. The van der Waals surface area contributed by atoms with Crippen LogP contribution < -0.4 is 10.6 Å². The number of halogens is 2. The molecule has 1 saturated carbocycles. The van der Waals surface area contributed by atoms with Gasteiger partial charge < -0.3 is 10.6 Å². The van der Waals surface area contributed by atoms with Gasteiger partial charge in [-0.3, -0.25) is 4.99 Å². The maximum atomic E-state index is 11.6. The van der Waals surface area contributed by atoms with Crippen LogP contribution in [0.5, 0.6) is 0 Å². The molecule has 2 N–H and O–H groups in total. The molecule has 1 saturated heterocycles. The highest BCUT2D eigenvalue weighted by Gasteiger charge is 2.36. The van der Waals surface area contributed by atoms with E-state index < -0.39 is 9.84 Å². The fourth-order valence-electron chi connectivity index (χ4n) is 3.97. The van der Waals surface area contributed by atoms with Crippen LogP contribution in [-0.4, -0.2) is 45.5 Å². The third-order valence-corrected chi connectivity index (χ3v) is 7.70. The number of guanidine groups is 1. The molecule has 26 heavy (non-hydrogen) atoms. The summed E-state index contributed by atoms with van der Waals surface area (Å²) in [7, 11) is -1.15. The minimum Gasteiger partial charge on any atom is -0.356 e. The van der Waals surface area contributed by atoms with E-state index in [1.165, 1.54) is 18.4 Å². The van der Waals surface area contributed by atoms with Crippen LogP contribution in [0, 0.1) is 0 Å². The normalized spacial score (nSPS) is 24.1. The lowest BCUT2D eigenvalue weighted by Crippen LogP contribution is -2.48. The van der Waals surface area contributed by atoms with Gasteiger partial charge in [0.2, 0.25) is 0 Å². The Hall–Kier alpha value is -0.350. The zero-order valence-electron chi connectivity index (χ0n) is 15.0. The summed E-state index contributed by atoms with van der Waals surface area (Å²) in [6.07, 6.45) is 5.46. The van der Waals surface area contributed by atoms with Crippen molar-refractivity contribution in [3.63, 3.8) is 0 Å². The highest BCUT2D eigenvalue weighted by Crippen LogP contribution is 2.40. The Kier molecular flexibility index (Phi) is 7.79. The third kappa shape index (κ3) is 5.34. The van der Waals surface area contributed by atoms with Gasteiger partial charge in [0.25, 0.3) is 0 Å². The van der Waals surface area contributed by atoms with Crippen LogP contribution in [0.4, 0.5) is 0 Å². The van der Waals surface area contributed by atoms with Gasteiger partial charge in [-0.25, -0.2) is 8.42 Å². The summed E-state index contributed by atoms with van der Waals surface area (Å²) >= 11 is 3.51. The molecule has 8 heteroatoms. The van der Waals surface area contributed by atoms with E-state index in [0.29, 0.717) is 12.4 Å². The van der Waals surface area contributed by atoms with Crippen LogP contribution in [0.1, 0.15) is 37.7 Å². The maximum absolute atomic E-state index is 11.6. The average Bonchev–Trinajstić information content (AvgIpc) is 3.19. The summed E-state index contributed by atoms with van der Waals surface area (Å²) in [4.78, 5) is 4.29. The van der Waals surface area contributed by atoms with Gasteiger partial charge in [-0.15, -0.1) is 24.0 Å². The van der Waals surface area contributed by atoms with Crippen molar-refractivity contribution in [1.29, 1.82) is 0 Å². The highest BCUT2D eigenvalue weighted by molar-refractivity contribution is 14.0. The number of nitrogens with zero attached hydrogens (tertiary/aromatic N) is 1. The summed E-state index contributed by atoms with van der Waals surface area (Å²) in [5.74, 6) is 1.17. The Morgan fingerprint density at radius 2 is 1.92 bits per heavy atom. The highest BCUT2D eigenvalue weighted by atomic mass is 127. The molecule has 1 aliphatic carbocycles. The van der Waals surface area contributed by atoms with Gasteiger partial charge in [0.1, 0.15) is 0 Å². The fourth-order valence-corrected chi connectivity index (χ4v) is 5.91. The zero-order chi connectivity index (χ0) is 17.9. The molecule has 1 atom stereocenters. The molecule has 1 aromatic rings. The van der Waals surface area contributed by atoms with Crippen molar-refractivity contribution in [3.05, 3.63) is 34.3 Å². The van der Waals surface area contributed by atoms with Crippen molar-refractivity contribution < 1.29 is 8.42 Å². The molecule has 0 amide bonds. The first kappa shape index (κ1) is 21.9. The van der Waals surface area contributed by atoms with E-state index in [1.54, 1.807) is 7.05 Å². The second kappa shape index (κ2) is 9.23. The molecule has 5 nitrogen and oxygen atoms in total. The SMILES string of the molecule is CN=C(NCC1(c2ccc(Br)cc2)CCCC1)NC1CCS(=O)(=O)C1.I. The van der Waals surface area contributed by atoms with Crippen LogP contribution in [0.2, 0.25) is 0 Å². The molecule has 1 aromatic carbocycles. The minimum atomic E-state index is -2.89. The number of aliphatic imine (C=N–C) groups is 1. The molecule has 0 aromatic heterocycles. The second-order valence-electron chi connectivity index (χ2n) is 7.16. The molecule has 1 heterocycles. The van der Waals surface area contributed by atoms with Crippen LogP contribution in [-0.2, 0) is 15.3 Å². The topological polar surface area (TPSA) is 70.6 Å². The zero-order valence-corrected chi connectivity index (χ0v) is 19.7. The molecule has 146 valence electrons. The maximum Gasteiger partial charge on any atom is 0.191 e. The lowest BCUT2D eigenvalue weighted by molar-refractivity contribution is 0.430. The molecule has 0 radical (unpaired) electrons. The van der Waals surface area contributed by atoms with E-state index in [9.17, 15) is 8.42 Å². The average molecular weight is 556 g/mol. The van der Waals surface area contributed by atoms with Crippen LogP contribution >= 0.6 is 39.9 Å². The molecule has 0 bridgehead atoms. The lowest BCUT2D eigenvalue weighted by atomic mass is 9.79. The molecule has 3 rings (SSSR count). The van der Waals surface area contributed by atoms with Crippen molar-refractivity contribution in [3.8, 4) is 0 Å². The quantitative estimate of drug-likeness (QED) is 0.340. The van der Waals surface area contributed by atoms with Crippen LogP contribution in [0.25, 0.3) is 0 Å². The summed E-state index contributed by atoms with van der Waals surface area (Å²) < 4.78 is 24.4. The van der Waals surface area contributed by atoms with Crippen molar-refractivity contribution >= 4 is 55.7 Å². The number of nitrogens with one attached hydrogen (secondary N) is 2. The van der Waals surface area contributed by atoms with Gasteiger partial charge >= 0.3 is 0 Å². The smallest absolute Gasteiger partial charge is 0.191 e. The van der Waals surface area contributed by atoms with Gasteiger partial charge in [0.15, 0.2) is 15.8 Å². The van der Waals surface area contributed by atoms with E-state index in [0.717, 1.165) is 23.9 Å². The van der Waals surface area contributed by atoms with Gasteiger partial charge in [0, 0.05) is 29.5 Å². The fraction of sp³-hybridized carbons (Fsp3) is 0.611. The minimum absolute atomic E-state index is 0. The monoisotopic (exact) mass is 555 g/mol. The van der Waals surface area contributed by atoms with Gasteiger partial charge in [-0.05, 0) is 37.0 Å². The molecule has 2 fully saturated rings. The molecule has 0 spiro atoms. The van der Waals surface area contributed by atoms with E-state index >= 15 is 0 Å². The number of benzene rings is 1. The molecule has 2 aliphatic rings. The van der Waals surface area contributed by atoms with Crippen molar-refractivity contribution in [2.24, 2.45) is 4.99 Å². The summed E-state index contributed by atoms with van der Waals surface area (Å²) in [5.41, 5.74) is 1.49. The largest absolute Gasteiger partial charge is 0.356 e. The predicted octanol–water partition coefficient (Wildman–Crippen LogP) is 3.23. The van der Waals surface area contributed by atoms with Crippen LogP contribution in [0.3, 0.4) is 0 Å². The number of hydrogen-bond donors (Lipinski definition) is 2. The van der Waals surface area contributed by atoms with E-state index in [1.807, 2.05) is 0 Å². The van der Waals surface area contributed by atoms with Gasteiger partial charge in [0.05, 0.1) is 11.5 Å². The van der Waals surface area contributed by atoms with Crippen molar-refractivity contribution in [2.45, 2.75) is 43.6 Å². The Labute approximate surface area is 181 Å². The number of sulfone groups is 1. The Morgan fingerprint density at radius 3 is 2.46 bits per heavy atom. The van der Waals surface area contributed by atoms with E-state index in [2.05, 4.69) is 55.8 Å². The van der Waals surface area contributed by atoms with Gasteiger partial charge in [-0.2, -0.15) is 0 Å². The van der Waals surface area contributed by atoms with Gasteiger partial charge in [-0.1, -0.05) is 40.9 Å². The Morgan fingerprint density at radius 1 is 1.27 bits per heavy atom. The second-order valence-corrected chi connectivity index (χ2v) is 10.3. The molecular formula is C18H27BrIN3O2S. The predicted molar refractivity (Wildman–Crippen MR) is 121 cm³/mol. The number of hydrogen-bond acceptors (Lipinski definition) is 3. The Bertz CT molecular complexity index is 731. The standard InChI is InChI=1S/C18H26BrN3O2S.HI/c1-20-17(22-16-8-11-25(23,24)12-16)21-13-18(9-2-3-10-18)14-4-6-15(19)7-5-14;/h4-7,16H,2-3,8-13H2,1H3,(H2,20,21,22);1H. The third-order valence-electron chi connectivity index (χ3n) is 5.41. The van der Waals surface area contributed by atoms with Crippen molar-refractivity contribution in [1.82, 2.24) is 10.6 Å². The molecular weight excluding hydrogens is 529 g/mol. The first-order valence-corrected chi connectivity index (χ1v) is 11.5. The number of rotatable bonds is 4. The molecule has 1 aliphatic heterocycles. The van der Waals surface area contributed by atoms with Crippen LogP contribution in [0.15, 0.2) is 33.7 Å². The summed E-state index contributed by atoms with van der Waals surface area (Å²) in [6, 6.07) is 8.58. The first-order valence-electron chi connectivity index (χ1n) is 8.86. The Balaban J connectivity index is 0.00000243. The van der Waals surface area contributed by atoms with E-state index in [4.69, 9.17) is 0 Å². The van der Waals surface area contributed by atoms with Crippen molar-refractivity contribution in [2.75, 3.05) is 25.1 Å². The molecule has 1 unspecified atom stereocenters.